The monoisotopic (exact) mass is 400 g/mol. The van der Waals surface area contributed by atoms with E-state index in [-0.39, 0.29) is 29.1 Å². The van der Waals surface area contributed by atoms with Gasteiger partial charge in [-0.25, -0.2) is 0 Å². The number of para-hydroxylation sites is 1. The molecular formula is C21H24N2O4S. The second kappa shape index (κ2) is 9.01. The first-order valence-corrected chi connectivity index (χ1v) is 10.7. The zero-order valence-electron chi connectivity index (χ0n) is 15.8. The van der Waals surface area contributed by atoms with Gasteiger partial charge in [0, 0.05) is 55.2 Å². The Bertz CT molecular complexity index is 891. The number of hydrogen-bond donors (Lipinski definition) is 1. The highest BCUT2D eigenvalue weighted by molar-refractivity contribution is 7.84. The molecule has 0 radical (unpaired) electrons. The van der Waals surface area contributed by atoms with Gasteiger partial charge in [0.1, 0.15) is 11.5 Å². The number of carbonyl (C=O) groups is 2. The average molecular weight is 401 g/mol. The highest BCUT2D eigenvalue weighted by Gasteiger charge is 2.23. The van der Waals surface area contributed by atoms with Gasteiger partial charge in [-0.1, -0.05) is 42.5 Å². The Morgan fingerprint density at radius 1 is 1.00 bits per heavy atom. The smallest absolute Gasteiger partial charge is 0.235 e. The maximum absolute atomic E-state index is 12.5. The molecule has 0 aliphatic carbocycles. The Hall–Kier alpha value is -2.67. The molecule has 6 nitrogen and oxygen atoms in total. The van der Waals surface area contributed by atoms with Gasteiger partial charge in [0.05, 0.1) is 0 Å². The van der Waals surface area contributed by atoms with E-state index in [1.165, 1.54) is 6.92 Å². The van der Waals surface area contributed by atoms with Crippen LogP contribution in [0.1, 0.15) is 12.5 Å². The van der Waals surface area contributed by atoms with Gasteiger partial charge >= 0.3 is 0 Å². The van der Waals surface area contributed by atoms with Crippen molar-refractivity contribution in [2.75, 3.05) is 31.9 Å². The molecule has 1 heterocycles. The first kappa shape index (κ1) is 20.1. The van der Waals surface area contributed by atoms with Crippen molar-refractivity contribution >= 4 is 22.6 Å². The number of piperazine rings is 1. The van der Waals surface area contributed by atoms with E-state index in [1.54, 1.807) is 21.9 Å². The Labute approximate surface area is 167 Å². The van der Waals surface area contributed by atoms with Crippen molar-refractivity contribution in [1.82, 2.24) is 9.80 Å². The van der Waals surface area contributed by atoms with Crippen molar-refractivity contribution in [3.63, 3.8) is 0 Å². The third-order valence-corrected chi connectivity index (χ3v) is 6.06. The molecular weight excluding hydrogens is 376 g/mol. The molecule has 2 amide bonds. The molecule has 0 spiro atoms. The lowest BCUT2D eigenvalue weighted by atomic mass is 10.0. The molecule has 1 N–H and O–H groups in total. The topological polar surface area (TPSA) is 77.9 Å². The van der Waals surface area contributed by atoms with Gasteiger partial charge < -0.3 is 14.9 Å². The van der Waals surface area contributed by atoms with Crippen LogP contribution in [0.4, 0.5) is 0 Å². The van der Waals surface area contributed by atoms with Crippen LogP contribution < -0.4 is 0 Å². The SMILES string of the molecule is CC(=O)N1CCN(C(=O)CS(=O)Cc2cccc(-c3ccccc3O)c2)CC1. The summed E-state index contributed by atoms with van der Waals surface area (Å²) in [6, 6.07) is 14.6. The molecule has 2 aromatic carbocycles. The van der Waals surface area contributed by atoms with Gasteiger partial charge in [-0.2, -0.15) is 0 Å². The predicted molar refractivity (Wildman–Crippen MR) is 109 cm³/mol. The first-order chi connectivity index (χ1) is 13.4. The van der Waals surface area contributed by atoms with Crippen molar-refractivity contribution in [3.8, 4) is 16.9 Å². The molecule has 148 valence electrons. The van der Waals surface area contributed by atoms with Gasteiger partial charge in [0.15, 0.2) is 0 Å². The Morgan fingerprint density at radius 3 is 2.36 bits per heavy atom. The van der Waals surface area contributed by atoms with Gasteiger partial charge in [-0.15, -0.1) is 0 Å². The van der Waals surface area contributed by atoms with E-state index in [4.69, 9.17) is 0 Å². The van der Waals surface area contributed by atoms with E-state index in [0.717, 1.165) is 16.7 Å². The molecule has 1 unspecified atom stereocenters. The van der Waals surface area contributed by atoms with Crippen molar-refractivity contribution in [3.05, 3.63) is 54.1 Å². The zero-order valence-corrected chi connectivity index (χ0v) is 16.7. The van der Waals surface area contributed by atoms with E-state index < -0.39 is 10.8 Å². The van der Waals surface area contributed by atoms with Crippen LogP contribution in [0.5, 0.6) is 5.75 Å². The van der Waals surface area contributed by atoms with Crippen LogP contribution in [0.25, 0.3) is 11.1 Å². The van der Waals surface area contributed by atoms with Crippen LogP contribution in [0.15, 0.2) is 48.5 Å². The minimum Gasteiger partial charge on any atom is -0.507 e. The first-order valence-electron chi connectivity index (χ1n) is 9.19. The third kappa shape index (κ3) is 4.98. The van der Waals surface area contributed by atoms with Crippen LogP contribution in [0.3, 0.4) is 0 Å². The summed E-state index contributed by atoms with van der Waals surface area (Å²) in [4.78, 5) is 27.2. The van der Waals surface area contributed by atoms with Crippen LogP contribution in [0, 0.1) is 0 Å². The zero-order chi connectivity index (χ0) is 20.1. The lowest BCUT2D eigenvalue weighted by Crippen LogP contribution is -2.51. The van der Waals surface area contributed by atoms with E-state index in [9.17, 15) is 18.9 Å². The Morgan fingerprint density at radius 2 is 1.68 bits per heavy atom. The van der Waals surface area contributed by atoms with Crippen LogP contribution in [-0.4, -0.2) is 62.9 Å². The predicted octanol–water partition coefficient (Wildman–Crippen LogP) is 2.00. The van der Waals surface area contributed by atoms with Crippen molar-refractivity contribution in [1.29, 1.82) is 0 Å². The highest BCUT2D eigenvalue weighted by atomic mass is 32.2. The fourth-order valence-electron chi connectivity index (χ4n) is 3.28. The van der Waals surface area contributed by atoms with E-state index in [2.05, 4.69) is 0 Å². The second-order valence-corrected chi connectivity index (χ2v) is 8.29. The molecule has 3 rings (SSSR count). The van der Waals surface area contributed by atoms with Gasteiger partial charge in [0.25, 0.3) is 0 Å². The summed E-state index contributed by atoms with van der Waals surface area (Å²) in [6.07, 6.45) is 0. The van der Waals surface area contributed by atoms with E-state index in [1.807, 2.05) is 36.4 Å². The van der Waals surface area contributed by atoms with Crippen LogP contribution >= 0.6 is 0 Å². The summed E-state index contributed by atoms with van der Waals surface area (Å²) in [5.41, 5.74) is 2.42. The highest BCUT2D eigenvalue weighted by Crippen LogP contribution is 2.29. The molecule has 1 saturated heterocycles. The van der Waals surface area contributed by atoms with Gasteiger partial charge in [-0.05, 0) is 17.2 Å². The molecule has 28 heavy (non-hydrogen) atoms. The summed E-state index contributed by atoms with van der Waals surface area (Å²) in [5, 5.41) is 10.0. The van der Waals surface area contributed by atoms with Crippen LogP contribution in [0.2, 0.25) is 0 Å². The summed E-state index contributed by atoms with van der Waals surface area (Å²) >= 11 is 0. The minimum atomic E-state index is -1.32. The summed E-state index contributed by atoms with van der Waals surface area (Å²) in [7, 11) is -1.32. The number of carbonyl (C=O) groups excluding carboxylic acids is 2. The Kier molecular flexibility index (Phi) is 6.46. The molecule has 1 atom stereocenters. The van der Waals surface area contributed by atoms with Crippen molar-refractivity contribution < 1.29 is 18.9 Å². The molecule has 2 aromatic rings. The van der Waals surface area contributed by atoms with Gasteiger partial charge in [-0.3, -0.25) is 13.8 Å². The lowest BCUT2D eigenvalue weighted by Gasteiger charge is -2.34. The number of phenols is 1. The summed E-state index contributed by atoms with van der Waals surface area (Å²) in [5.74, 6) is 0.320. The number of rotatable bonds is 5. The molecule has 0 bridgehead atoms. The fourth-order valence-corrected chi connectivity index (χ4v) is 4.39. The van der Waals surface area contributed by atoms with E-state index >= 15 is 0 Å². The van der Waals surface area contributed by atoms with E-state index in [0.29, 0.717) is 26.2 Å². The van der Waals surface area contributed by atoms with Crippen molar-refractivity contribution in [2.45, 2.75) is 12.7 Å². The number of benzene rings is 2. The molecule has 0 aromatic heterocycles. The normalized spacial score (nSPS) is 15.3. The number of aromatic hydroxyl groups is 1. The summed E-state index contributed by atoms with van der Waals surface area (Å²) < 4.78 is 12.5. The lowest BCUT2D eigenvalue weighted by molar-refractivity contribution is -0.136. The quantitative estimate of drug-likeness (QED) is 0.833. The minimum absolute atomic E-state index is 0.0139. The molecule has 1 aliphatic rings. The third-order valence-electron chi connectivity index (χ3n) is 4.83. The number of nitrogens with zero attached hydrogens (tertiary/aromatic N) is 2. The van der Waals surface area contributed by atoms with Crippen LogP contribution in [-0.2, 0) is 26.1 Å². The Balaban J connectivity index is 1.58. The molecule has 1 fully saturated rings. The maximum atomic E-state index is 12.5. The number of amides is 2. The maximum Gasteiger partial charge on any atom is 0.235 e. The molecule has 7 heteroatoms. The second-order valence-electron chi connectivity index (χ2n) is 6.83. The number of hydrogen-bond acceptors (Lipinski definition) is 4. The largest absolute Gasteiger partial charge is 0.507 e. The average Bonchev–Trinajstić information content (AvgIpc) is 2.68. The summed E-state index contributed by atoms with van der Waals surface area (Å²) in [6.45, 7) is 3.54. The number of phenolic OH excluding ortho intramolecular Hbond substituents is 1. The standard InChI is InChI=1S/C21H24N2O4S/c1-16(24)22-9-11-23(12-10-22)21(26)15-28(27)14-17-5-4-6-18(13-17)19-7-2-3-8-20(19)25/h2-8,13,25H,9-12,14-15H2,1H3. The molecule has 1 aliphatic heterocycles. The van der Waals surface area contributed by atoms with Gasteiger partial charge in [0.2, 0.25) is 11.8 Å². The van der Waals surface area contributed by atoms with Crippen molar-refractivity contribution in [2.24, 2.45) is 0 Å². The fraction of sp³-hybridized carbons (Fsp3) is 0.333. The molecule has 0 saturated carbocycles.